The van der Waals surface area contributed by atoms with E-state index in [1.807, 2.05) is 17.5 Å². The summed E-state index contributed by atoms with van der Waals surface area (Å²) in [6.07, 6.45) is 0.793. The molecule has 23 heavy (non-hydrogen) atoms. The van der Waals surface area contributed by atoms with Crippen molar-refractivity contribution < 1.29 is 18.7 Å². The molecule has 1 aliphatic rings. The molecular formula is C16H17FN2O3S. The largest absolute Gasteiger partial charge is 0.467 e. The molecule has 2 amide bonds. The van der Waals surface area contributed by atoms with E-state index in [0.717, 1.165) is 6.42 Å². The highest BCUT2D eigenvalue weighted by Crippen LogP contribution is 2.29. The number of hydrogen-bond acceptors (Lipinski definition) is 4. The van der Waals surface area contributed by atoms with E-state index in [1.54, 1.807) is 11.3 Å². The van der Waals surface area contributed by atoms with E-state index < -0.39 is 0 Å². The van der Waals surface area contributed by atoms with Crippen LogP contribution in [0.25, 0.3) is 0 Å². The number of thiophene rings is 1. The lowest BCUT2D eigenvalue weighted by atomic mass is 10.1. The second kappa shape index (κ2) is 7.43. The molecule has 0 fully saturated rings. The van der Waals surface area contributed by atoms with Crippen LogP contribution in [0.1, 0.15) is 16.0 Å². The molecule has 1 aliphatic heterocycles. The van der Waals surface area contributed by atoms with Gasteiger partial charge in [0.25, 0.3) is 0 Å². The van der Waals surface area contributed by atoms with E-state index in [9.17, 15) is 9.18 Å². The Hall–Kier alpha value is -2.12. The van der Waals surface area contributed by atoms with Crippen molar-refractivity contribution in [1.82, 2.24) is 10.6 Å². The third-order valence-corrected chi connectivity index (χ3v) is 4.36. The fourth-order valence-corrected chi connectivity index (χ4v) is 3.09. The first-order chi connectivity index (χ1) is 11.2. The van der Waals surface area contributed by atoms with Crippen LogP contribution in [0.2, 0.25) is 0 Å². The highest BCUT2D eigenvalue weighted by molar-refractivity contribution is 7.09. The molecule has 0 bridgehead atoms. The monoisotopic (exact) mass is 336 g/mol. The molecule has 0 unspecified atom stereocenters. The number of halogens is 1. The number of carbonyl (C=O) groups excluding carboxylic acids is 1. The number of hydrogen-bond donors (Lipinski definition) is 2. The van der Waals surface area contributed by atoms with Crippen molar-refractivity contribution in [2.45, 2.75) is 19.6 Å². The maximum absolute atomic E-state index is 13.6. The number of amides is 2. The molecule has 2 N–H and O–H groups in total. The molecule has 0 atom stereocenters. The van der Waals surface area contributed by atoms with Crippen molar-refractivity contribution in [3.8, 4) is 5.75 Å². The first kappa shape index (κ1) is 15.8. The Kier molecular flexibility index (Phi) is 5.09. The first-order valence-corrected chi connectivity index (χ1v) is 8.16. The Morgan fingerprint density at radius 1 is 1.35 bits per heavy atom. The zero-order chi connectivity index (χ0) is 16.1. The molecule has 2 heterocycles. The van der Waals surface area contributed by atoms with Gasteiger partial charge in [-0.25, -0.2) is 9.18 Å². The van der Waals surface area contributed by atoms with Gasteiger partial charge in [0.05, 0.1) is 6.61 Å². The summed E-state index contributed by atoms with van der Waals surface area (Å²) in [7, 11) is 0. The van der Waals surface area contributed by atoms with E-state index >= 15 is 0 Å². The Bertz CT molecular complexity index is 676. The summed E-state index contributed by atoms with van der Waals surface area (Å²) in [6, 6.07) is 6.49. The number of nitrogens with one attached hydrogen (secondary N) is 2. The van der Waals surface area contributed by atoms with Crippen molar-refractivity contribution in [1.29, 1.82) is 0 Å². The van der Waals surface area contributed by atoms with Crippen LogP contribution in [0, 0.1) is 5.82 Å². The Balaban J connectivity index is 1.51. The van der Waals surface area contributed by atoms with Gasteiger partial charge in [-0.15, -0.1) is 11.3 Å². The predicted molar refractivity (Wildman–Crippen MR) is 84.9 cm³/mol. The van der Waals surface area contributed by atoms with Gasteiger partial charge in [-0.3, -0.25) is 0 Å². The van der Waals surface area contributed by atoms with Crippen LogP contribution in [0.15, 0.2) is 29.6 Å². The molecule has 0 saturated carbocycles. The summed E-state index contributed by atoms with van der Waals surface area (Å²) >= 11 is 1.66. The lowest BCUT2D eigenvalue weighted by Crippen LogP contribution is -2.36. The van der Waals surface area contributed by atoms with Gasteiger partial charge >= 0.3 is 6.03 Å². The van der Waals surface area contributed by atoms with Crippen LogP contribution in [-0.2, 0) is 24.3 Å². The smallest absolute Gasteiger partial charge is 0.315 e. The van der Waals surface area contributed by atoms with Crippen LogP contribution < -0.4 is 15.4 Å². The van der Waals surface area contributed by atoms with Crippen molar-refractivity contribution in [2.24, 2.45) is 0 Å². The van der Waals surface area contributed by atoms with Gasteiger partial charge in [-0.05, 0) is 30.0 Å². The van der Waals surface area contributed by atoms with E-state index in [1.165, 1.54) is 17.0 Å². The molecule has 1 aromatic carbocycles. The number of urea groups is 1. The minimum absolute atomic E-state index is 0.138. The maximum Gasteiger partial charge on any atom is 0.315 e. The first-order valence-electron chi connectivity index (χ1n) is 7.28. The van der Waals surface area contributed by atoms with Crippen LogP contribution in [-0.4, -0.2) is 19.4 Å². The number of carbonyl (C=O) groups is 1. The minimum Gasteiger partial charge on any atom is -0.467 e. The Labute approximate surface area is 137 Å². The van der Waals surface area contributed by atoms with Gasteiger partial charge in [-0.1, -0.05) is 6.07 Å². The molecule has 3 rings (SSSR count). The summed E-state index contributed by atoms with van der Waals surface area (Å²) < 4.78 is 24.1. The van der Waals surface area contributed by atoms with Gasteiger partial charge < -0.3 is 20.1 Å². The third-order valence-electron chi connectivity index (χ3n) is 3.43. The summed E-state index contributed by atoms with van der Waals surface area (Å²) in [5.74, 6) is 0.226. The minimum atomic E-state index is -0.368. The molecule has 122 valence electrons. The number of ether oxygens (including phenoxy) is 2. The Morgan fingerprint density at radius 3 is 3.09 bits per heavy atom. The van der Waals surface area contributed by atoms with E-state index in [2.05, 4.69) is 10.6 Å². The van der Waals surface area contributed by atoms with Crippen LogP contribution in [0.5, 0.6) is 5.75 Å². The fraction of sp³-hybridized carbons (Fsp3) is 0.312. The summed E-state index contributed by atoms with van der Waals surface area (Å²) in [5, 5.41) is 7.51. The van der Waals surface area contributed by atoms with Gasteiger partial charge in [-0.2, -0.15) is 0 Å². The van der Waals surface area contributed by atoms with Crippen molar-refractivity contribution in [2.75, 3.05) is 13.3 Å². The van der Waals surface area contributed by atoms with Crippen molar-refractivity contribution >= 4 is 17.4 Å². The Morgan fingerprint density at radius 2 is 2.26 bits per heavy atom. The SMILES string of the molecule is O=C(NCCc1cccs1)NCc1cc(F)cc2c1OCOC2. The van der Waals surface area contributed by atoms with E-state index in [-0.39, 0.29) is 25.2 Å². The molecule has 2 aromatic rings. The van der Waals surface area contributed by atoms with Crippen LogP contribution in [0.4, 0.5) is 9.18 Å². The number of fused-ring (bicyclic) bond motifs is 1. The quantitative estimate of drug-likeness (QED) is 0.883. The molecule has 0 radical (unpaired) electrons. The summed E-state index contributed by atoms with van der Waals surface area (Å²) in [5.41, 5.74) is 1.27. The molecule has 0 aliphatic carbocycles. The molecule has 0 spiro atoms. The zero-order valence-corrected chi connectivity index (χ0v) is 13.2. The average Bonchev–Trinajstić information content (AvgIpc) is 3.06. The van der Waals surface area contributed by atoms with Gasteiger partial charge in [0.15, 0.2) is 6.79 Å². The molecular weight excluding hydrogens is 319 g/mol. The van der Waals surface area contributed by atoms with Gasteiger partial charge in [0, 0.05) is 29.1 Å². The van der Waals surface area contributed by atoms with E-state index in [4.69, 9.17) is 9.47 Å². The molecule has 7 heteroatoms. The molecule has 5 nitrogen and oxygen atoms in total. The summed E-state index contributed by atoms with van der Waals surface area (Å²) in [6.45, 7) is 1.20. The predicted octanol–water partition coefficient (Wildman–Crippen LogP) is 2.80. The topological polar surface area (TPSA) is 59.6 Å². The summed E-state index contributed by atoms with van der Waals surface area (Å²) in [4.78, 5) is 13.0. The number of rotatable bonds is 5. The highest BCUT2D eigenvalue weighted by Gasteiger charge is 2.17. The van der Waals surface area contributed by atoms with Gasteiger partial charge in [0.1, 0.15) is 11.6 Å². The third kappa shape index (κ3) is 4.20. The average molecular weight is 336 g/mol. The fourth-order valence-electron chi connectivity index (χ4n) is 2.38. The van der Waals surface area contributed by atoms with Crippen molar-refractivity contribution in [3.05, 3.63) is 51.5 Å². The van der Waals surface area contributed by atoms with Crippen LogP contribution in [0.3, 0.4) is 0 Å². The second-order valence-electron chi connectivity index (χ2n) is 5.10. The normalized spacial score (nSPS) is 13.1. The van der Waals surface area contributed by atoms with Crippen molar-refractivity contribution in [3.63, 3.8) is 0 Å². The van der Waals surface area contributed by atoms with E-state index in [0.29, 0.717) is 30.0 Å². The van der Waals surface area contributed by atoms with Gasteiger partial charge in [0.2, 0.25) is 0 Å². The van der Waals surface area contributed by atoms with Crippen LogP contribution >= 0.6 is 11.3 Å². The lowest BCUT2D eigenvalue weighted by Gasteiger charge is -2.21. The number of benzene rings is 1. The molecule has 0 saturated heterocycles. The maximum atomic E-state index is 13.6. The zero-order valence-electron chi connectivity index (χ0n) is 12.4. The highest BCUT2D eigenvalue weighted by atomic mass is 32.1. The standard InChI is InChI=1S/C16H17FN2O3S/c17-13-6-11(15-12(7-13)9-21-10-22-15)8-19-16(20)18-4-3-14-2-1-5-23-14/h1-2,5-7H,3-4,8-10H2,(H2,18,19,20). The lowest BCUT2D eigenvalue weighted by molar-refractivity contribution is -0.0173. The second-order valence-corrected chi connectivity index (χ2v) is 6.13. The molecule has 1 aromatic heterocycles.